The van der Waals surface area contributed by atoms with E-state index < -0.39 is 17.7 Å². The maximum Gasteiger partial charge on any atom is 0.295 e. The first-order valence-corrected chi connectivity index (χ1v) is 10.9. The number of amides is 1. The molecule has 2 aromatic rings. The summed E-state index contributed by atoms with van der Waals surface area (Å²) in [5.74, 6) is -1.42. The number of hydrogen-bond acceptors (Lipinski definition) is 5. The van der Waals surface area contributed by atoms with Gasteiger partial charge < -0.3 is 14.9 Å². The molecule has 1 unspecified atom stereocenters. The minimum Gasteiger partial charge on any atom is -0.507 e. The number of hydrogen-bond donors (Lipinski definition) is 1. The Bertz CT molecular complexity index is 971. The van der Waals surface area contributed by atoms with E-state index in [0.717, 1.165) is 23.1 Å². The topological polar surface area (TPSA) is 73.7 Å². The largest absolute Gasteiger partial charge is 0.507 e. The smallest absolute Gasteiger partial charge is 0.295 e. The summed E-state index contributed by atoms with van der Waals surface area (Å²) >= 11 is 3.45. The number of nitrogens with zero attached hydrogens (tertiary/aromatic N) is 3. The van der Waals surface area contributed by atoms with Crippen molar-refractivity contribution in [1.29, 1.82) is 0 Å². The third-order valence-electron chi connectivity index (χ3n) is 5.52. The van der Waals surface area contributed by atoms with Crippen molar-refractivity contribution in [2.75, 3.05) is 26.2 Å². The summed E-state index contributed by atoms with van der Waals surface area (Å²) in [5, 5.41) is 11.1. The SMILES string of the molecule is CCN(CC)CCN1C(=O)C(=O)/C(=C(\O)c2ccc(Br)c(C)c2)C1c1cccnc1. The van der Waals surface area contributed by atoms with Crippen molar-refractivity contribution in [3.63, 3.8) is 0 Å². The van der Waals surface area contributed by atoms with Crippen molar-refractivity contribution in [1.82, 2.24) is 14.8 Å². The molecular weight excluding hydrogens is 446 g/mol. The number of aliphatic hydroxyl groups excluding tert-OH is 1. The summed E-state index contributed by atoms with van der Waals surface area (Å²) < 4.78 is 0.905. The minimum absolute atomic E-state index is 0.106. The number of rotatable bonds is 7. The first-order valence-electron chi connectivity index (χ1n) is 10.1. The van der Waals surface area contributed by atoms with E-state index in [-0.39, 0.29) is 11.3 Å². The second-order valence-corrected chi connectivity index (χ2v) is 8.12. The fraction of sp³-hybridized carbons (Fsp3) is 0.348. The molecule has 1 saturated heterocycles. The second kappa shape index (κ2) is 9.53. The van der Waals surface area contributed by atoms with E-state index in [1.165, 1.54) is 0 Å². The first-order chi connectivity index (χ1) is 14.4. The van der Waals surface area contributed by atoms with Crippen LogP contribution in [0.5, 0.6) is 0 Å². The van der Waals surface area contributed by atoms with Crippen molar-refractivity contribution in [3.05, 3.63) is 69.5 Å². The summed E-state index contributed by atoms with van der Waals surface area (Å²) in [5.41, 5.74) is 2.24. The molecule has 30 heavy (non-hydrogen) atoms. The summed E-state index contributed by atoms with van der Waals surface area (Å²) in [6.07, 6.45) is 3.28. The summed E-state index contributed by atoms with van der Waals surface area (Å²) in [4.78, 5) is 33.8. The maximum absolute atomic E-state index is 13.0. The summed E-state index contributed by atoms with van der Waals surface area (Å²) in [7, 11) is 0. The van der Waals surface area contributed by atoms with Gasteiger partial charge in [-0.2, -0.15) is 0 Å². The van der Waals surface area contributed by atoms with E-state index in [0.29, 0.717) is 24.2 Å². The average molecular weight is 472 g/mol. The molecule has 0 bridgehead atoms. The van der Waals surface area contributed by atoms with E-state index in [1.54, 1.807) is 35.5 Å². The molecule has 1 aromatic carbocycles. The fourth-order valence-electron chi connectivity index (χ4n) is 3.73. The lowest BCUT2D eigenvalue weighted by Crippen LogP contribution is -2.38. The minimum atomic E-state index is -0.668. The Morgan fingerprint density at radius 2 is 1.97 bits per heavy atom. The molecule has 1 amide bonds. The predicted molar refractivity (Wildman–Crippen MR) is 120 cm³/mol. The Balaban J connectivity index is 2.09. The van der Waals surface area contributed by atoms with E-state index in [2.05, 4.69) is 39.7 Å². The standard InChI is InChI=1S/C23H26BrN3O3/c1-4-26(5-2)11-12-27-20(17-7-6-10-25-14-17)19(22(29)23(27)30)21(28)16-8-9-18(24)15(3)13-16/h6-10,13-14,20,28H,4-5,11-12H2,1-3H3/b21-19-. The van der Waals surface area contributed by atoms with E-state index in [9.17, 15) is 14.7 Å². The third kappa shape index (κ3) is 4.32. The Kier molecular flexibility index (Phi) is 7.05. The van der Waals surface area contributed by atoms with Crippen LogP contribution in [0.2, 0.25) is 0 Å². The van der Waals surface area contributed by atoms with Gasteiger partial charge in [-0.25, -0.2) is 0 Å². The van der Waals surface area contributed by atoms with Gasteiger partial charge in [-0.1, -0.05) is 41.9 Å². The van der Waals surface area contributed by atoms with Gasteiger partial charge in [0.05, 0.1) is 11.6 Å². The lowest BCUT2D eigenvalue weighted by atomic mass is 9.96. The molecule has 0 spiro atoms. The number of benzene rings is 1. The summed E-state index contributed by atoms with van der Waals surface area (Å²) in [6.45, 7) is 8.78. The molecule has 6 nitrogen and oxygen atoms in total. The van der Waals surface area contributed by atoms with Crippen LogP contribution in [0.4, 0.5) is 0 Å². The lowest BCUT2D eigenvalue weighted by Gasteiger charge is -2.28. The monoisotopic (exact) mass is 471 g/mol. The molecular formula is C23H26BrN3O3. The van der Waals surface area contributed by atoms with E-state index in [1.807, 2.05) is 19.1 Å². The molecule has 3 rings (SSSR count). The lowest BCUT2D eigenvalue weighted by molar-refractivity contribution is -0.140. The van der Waals surface area contributed by atoms with Gasteiger partial charge in [0, 0.05) is 35.5 Å². The molecule has 0 saturated carbocycles. The highest BCUT2D eigenvalue weighted by molar-refractivity contribution is 9.10. The van der Waals surface area contributed by atoms with Crippen LogP contribution in [-0.2, 0) is 9.59 Å². The van der Waals surface area contributed by atoms with Gasteiger partial charge in [-0.05, 0) is 49.3 Å². The van der Waals surface area contributed by atoms with Crippen LogP contribution in [-0.4, -0.2) is 57.8 Å². The zero-order valence-corrected chi connectivity index (χ0v) is 19.0. The Hall–Kier alpha value is -2.51. The highest BCUT2D eigenvalue weighted by atomic mass is 79.9. The fourth-order valence-corrected chi connectivity index (χ4v) is 3.98. The number of carbonyl (C=O) groups excluding carboxylic acids is 2. The molecule has 158 valence electrons. The molecule has 1 N–H and O–H groups in total. The van der Waals surface area contributed by atoms with E-state index in [4.69, 9.17) is 0 Å². The second-order valence-electron chi connectivity index (χ2n) is 7.27. The number of carbonyl (C=O) groups is 2. The number of likely N-dealkylation sites (tertiary alicyclic amines) is 1. The maximum atomic E-state index is 13.0. The molecule has 1 fully saturated rings. The molecule has 2 heterocycles. The zero-order valence-electron chi connectivity index (χ0n) is 17.4. The molecule has 1 aliphatic heterocycles. The Labute approximate surface area is 185 Å². The highest BCUT2D eigenvalue weighted by Crippen LogP contribution is 2.39. The number of Topliss-reactive ketones (excluding diaryl/α,β-unsaturated/α-hetero) is 1. The summed E-state index contributed by atoms with van der Waals surface area (Å²) in [6, 6.07) is 8.27. The van der Waals surface area contributed by atoms with Crippen molar-refractivity contribution in [3.8, 4) is 0 Å². The zero-order chi connectivity index (χ0) is 21.8. The first kappa shape index (κ1) is 22.2. The molecule has 1 aromatic heterocycles. The molecule has 1 atom stereocenters. The predicted octanol–water partition coefficient (Wildman–Crippen LogP) is 3.92. The quantitative estimate of drug-likeness (QED) is 0.376. The number of aryl methyl sites for hydroxylation is 1. The van der Waals surface area contributed by atoms with Crippen molar-refractivity contribution >= 4 is 33.4 Å². The van der Waals surface area contributed by atoms with Gasteiger partial charge in [0.2, 0.25) is 0 Å². The number of likely N-dealkylation sites (N-methyl/N-ethyl adjacent to an activating group) is 1. The Morgan fingerprint density at radius 3 is 2.57 bits per heavy atom. The van der Waals surface area contributed by atoms with Crippen molar-refractivity contribution < 1.29 is 14.7 Å². The molecule has 0 radical (unpaired) electrons. The van der Waals surface area contributed by atoms with Crippen LogP contribution in [0.25, 0.3) is 5.76 Å². The van der Waals surface area contributed by atoms with E-state index >= 15 is 0 Å². The van der Waals surface area contributed by atoms with Crippen molar-refractivity contribution in [2.45, 2.75) is 26.8 Å². The Morgan fingerprint density at radius 1 is 1.23 bits per heavy atom. The molecule has 0 aliphatic carbocycles. The normalized spacial score (nSPS) is 18.4. The van der Waals surface area contributed by atoms with Crippen molar-refractivity contribution in [2.24, 2.45) is 0 Å². The van der Waals surface area contributed by atoms with Gasteiger partial charge in [0.15, 0.2) is 0 Å². The number of ketones is 1. The van der Waals surface area contributed by atoms with Gasteiger partial charge in [-0.3, -0.25) is 14.6 Å². The van der Waals surface area contributed by atoms with Crippen LogP contribution in [0, 0.1) is 6.92 Å². The van der Waals surface area contributed by atoms with Gasteiger partial charge in [0.25, 0.3) is 11.7 Å². The van der Waals surface area contributed by atoms with Crippen LogP contribution in [0.1, 0.15) is 36.6 Å². The van der Waals surface area contributed by atoms with Gasteiger partial charge in [0.1, 0.15) is 5.76 Å². The van der Waals surface area contributed by atoms with Crippen LogP contribution < -0.4 is 0 Å². The average Bonchev–Trinajstić information content (AvgIpc) is 3.01. The molecule has 7 heteroatoms. The van der Waals surface area contributed by atoms with Gasteiger partial charge in [-0.15, -0.1) is 0 Å². The van der Waals surface area contributed by atoms with Crippen LogP contribution in [0.15, 0.2) is 52.8 Å². The van der Waals surface area contributed by atoms with Crippen LogP contribution in [0.3, 0.4) is 0 Å². The third-order valence-corrected chi connectivity index (χ3v) is 6.41. The number of aliphatic hydroxyl groups is 1. The number of aromatic nitrogens is 1. The number of pyridine rings is 1. The highest BCUT2D eigenvalue weighted by Gasteiger charge is 2.46. The number of halogens is 1. The van der Waals surface area contributed by atoms with Gasteiger partial charge >= 0.3 is 0 Å². The molecule has 1 aliphatic rings. The van der Waals surface area contributed by atoms with Crippen LogP contribution >= 0.6 is 15.9 Å².